The monoisotopic (exact) mass is 377 g/mol. The lowest BCUT2D eigenvalue weighted by atomic mass is 9.87. The summed E-state index contributed by atoms with van der Waals surface area (Å²) >= 11 is 0. The van der Waals surface area contributed by atoms with Crippen molar-refractivity contribution in [2.45, 2.75) is 25.7 Å². The Bertz CT molecular complexity index is 1050. The number of nitrogens with zero attached hydrogens (tertiary/aromatic N) is 1. The molecule has 2 aromatic carbocycles. The van der Waals surface area contributed by atoms with Gasteiger partial charge in [0.15, 0.2) is 0 Å². The van der Waals surface area contributed by atoms with E-state index in [0.717, 1.165) is 33.5 Å². The predicted octanol–water partition coefficient (Wildman–Crippen LogP) is 4.31. The Labute approximate surface area is 163 Å². The molecule has 4 rings (SSSR count). The average molecular weight is 377 g/mol. The molecule has 1 aliphatic heterocycles. The van der Waals surface area contributed by atoms with Gasteiger partial charge in [0.05, 0.1) is 19.7 Å². The van der Waals surface area contributed by atoms with Gasteiger partial charge in [0.1, 0.15) is 11.7 Å². The molecule has 5 heteroatoms. The molecule has 2 heterocycles. The van der Waals surface area contributed by atoms with Crippen LogP contribution in [0, 0.1) is 12.8 Å². The van der Waals surface area contributed by atoms with Gasteiger partial charge in [-0.15, -0.1) is 0 Å². The van der Waals surface area contributed by atoms with Crippen LogP contribution in [0.5, 0.6) is 5.75 Å². The van der Waals surface area contributed by atoms with Gasteiger partial charge in [-0.3, -0.25) is 14.2 Å². The highest BCUT2D eigenvalue weighted by Gasteiger charge is 2.38. The van der Waals surface area contributed by atoms with Crippen LogP contribution in [0.3, 0.4) is 0 Å². The SMILES string of the molecule is COC(=O)[C@H]1CC[C@@H](c2ccc(OC)cc2)c2c(C)c3ccccc3n2C1=O. The molecule has 0 amide bonds. The van der Waals surface area contributed by atoms with Crippen LogP contribution in [0.15, 0.2) is 48.5 Å². The second kappa shape index (κ2) is 7.15. The molecule has 0 radical (unpaired) electrons. The van der Waals surface area contributed by atoms with Crippen LogP contribution in [0.4, 0.5) is 0 Å². The van der Waals surface area contributed by atoms with E-state index in [-0.39, 0.29) is 11.8 Å². The highest BCUT2D eigenvalue weighted by molar-refractivity contribution is 6.05. The Kier molecular flexibility index (Phi) is 4.67. The second-order valence-corrected chi connectivity index (χ2v) is 7.18. The van der Waals surface area contributed by atoms with Gasteiger partial charge in [-0.1, -0.05) is 30.3 Å². The molecule has 1 aromatic heterocycles. The van der Waals surface area contributed by atoms with Crippen molar-refractivity contribution in [3.63, 3.8) is 0 Å². The third-order valence-electron chi connectivity index (χ3n) is 5.77. The number of aromatic nitrogens is 1. The van der Waals surface area contributed by atoms with E-state index in [1.165, 1.54) is 7.11 Å². The van der Waals surface area contributed by atoms with E-state index in [4.69, 9.17) is 9.47 Å². The number of para-hydroxylation sites is 1. The Balaban J connectivity index is 1.94. The molecule has 0 N–H and O–H groups in total. The van der Waals surface area contributed by atoms with Crippen LogP contribution in [0.1, 0.15) is 40.4 Å². The number of carbonyl (C=O) groups excluding carboxylic acids is 2. The molecule has 0 aliphatic carbocycles. The average Bonchev–Trinajstić information content (AvgIpc) is 2.93. The number of fused-ring (bicyclic) bond motifs is 3. The van der Waals surface area contributed by atoms with Crippen molar-refractivity contribution >= 4 is 22.8 Å². The molecule has 0 saturated heterocycles. The second-order valence-electron chi connectivity index (χ2n) is 7.18. The van der Waals surface area contributed by atoms with Crippen LogP contribution < -0.4 is 4.74 Å². The first-order valence-electron chi connectivity index (χ1n) is 9.42. The van der Waals surface area contributed by atoms with Gasteiger partial charge >= 0.3 is 5.97 Å². The maximum Gasteiger partial charge on any atom is 0.318 e. The van der Waals surface area contributed by atoms with E-state index >= 15 is 0 Å². The van der Waals surface area contributed by atoms with Crippen molar-refractivity contribution in [2.24, 2.45) is 5.92 Å². The minimum Gasteiger partial charge on any atom is -0.497 e. The molecule has 0 spiro atoms. The van der Waals surface area contributed by atoms with E-state index in [0.29, 0.717) is 12.8 Å². The van der Waals surface area contributed by atoms with Crippen molar-refractivity contribution in [1.82, 2.24) is 4.57 Å². The third-order valence-corrected chi connectivity index (χ3v) is 5.77. The Morgan fingerprint density at radius 1 is 1.04 bits per heavy atom. The number of ether oxygens (including phenoxy) is 2. The molecule has 0 bridgehead atoms. The summed E-state index contributed by atoms with van der Waals surface area (Å²) in [6.45, 7) is 2.05. The van der Waals surface area contributed by atoms with Gasteiger partial charge in [0.2, 0.25) is 5.91 Å². The van der Waals surface area contributed by atoms with Crippen LogP contribution >= 0.6 is 0 Å². The quantitative estimate of drug-likeness (QED) is 0.504. The lowest BCUT2D eigenvalue weighted by Gasteiger charge is -2.18. The van der Waals surface area contributed by atoms with E-state index in [1.54, 1.807) is 11.7 Å². The molecule has 2 atom stereocenters. The van der Waals surface area contributed by atoms with E-state index in [2.05, 4.69) is 6.92 Å². The Morgan fingerprint density at radius 3 is 2.43 bits per heavy atom. The first-order chi connectivity index (χ1) is 13.6. The summed E-state index contributed by atoms with van der Waals surface area (Å²) in [5.41, 5.74) is 3.98. The number of hydrogen-bond donors (Lipinski definition) is 0. The van der Waals surface area contributed by atoms with E-state index in [9.17, 15) is 9.59 Å². The number of rotatable bonds is 3. The van der Waals surface area contributed by atoms with Gasteiger partial charge in [-0.05, 0) is 49.1 Å². The summed E-state index contributed by atoms with van der Waals surface area (Å²) in [4.78, 5) is 25.7. The zero-order valence-electron chi connectivity index (χ0n) is 16.3. The van der Waals surface area contributed by atoms with Crippen LogP contribution in [0.2, 0.25) is 0 Å². The van der Waals surface area contributed by atoms with Crippen LogP contribution in [-0.2, 0) is 9.53 Å². The number of benzene rings is 2. The highest BCUT2D eigenvalue weighted by atomic mass is 16.5. The fourth-order valence-corrected chi connectivity index (χ4v) is 4.35. The molecular formula is C23H23NO4. The smallest absolute Gasteiger partial charge is 0.318 e. The maximum atomic E-state index is 13.4. The lowest BCUT2D eigenvalue weighted by Crippen LogP contribution is -2.29. The molecular weight excluding hydrogens is 354 g/mol. The Morgan fingerprint density at radius 2 is 1.75 bits per heavy atom. The number of aryl methyl sites for hydroxylation is 1. The van der Waals surface area contributed by atoms with E-state index in [1.807, 2.05) is 48.5 Å². The summed E-state index contributed by atoms with van der Waals surface area (Å²) in [6.07, 6.45) is 1.15. The summed E-state index contributed by atoms with van der Waals surface area (Å²) in [7, 11) is 2.98. The van der Waals surface area contributed by atoms with Crippen LogP contribution in [-0.4, -0.2) is 30.7 Å². The molecule has 0 fully saturated rings. The van der Waals surface area contributed by atoms with Gasteiger partial charge in [0.25, 0.3) is 0 Å². The predicted molar refractivity (Wildman–Crippen MR) is 107 cm³/mol. The normalized spacial score (nSPS) is 19.2. The molecule has 1 aliphatic rings. The van der Waals surface area contributed by atoms with Gasteiger partial charge < -0.3 is 9.47 Å². The minimum absolute atomic E-state index is 0.0110. The number of hydrogen-bond acceptors (Lipinski definition) is 4. The fraction of sp³-hybridized carbons (Fsp3) is 0.304. The zero-order valence-corrected chi connectivity index (χ0v) is 16.3. The standard InChI is InChI=1S/C23H23NO4/c1-14-17-6-4-5-7-20(17)24-21(14)18(15-8-10-16(27-2)11-9-15)12-13-19(22(24)25)23(26)28-3/h4-11,18-19H,12-13H2,1-3H3/t18-,19-/m0/s1. The van der Waals surface area contributed by atoms with Crippen molar-refractivity contribution in [1.29, 1.82) is 0 Å². The first kappa shape index (κ1) is 18.3. The van der Waals surface area contributed by atoms with Crippen LogP contribution in [0.25, 0.3) is 10.9 Å². The molecule has 28 heavy (non-hydrogen) atoms. The van der Waals surface area contributed by atoms with Crippen molar-refractivity contribution < 1.29 is 19.1 Å². The number of methoxy groups -OCH3 is 2. The molecule has 5 nitrogen and oxygen atoms in total. The zero-order chi connectivity index (χ0) is 19.8. The maximum absolute atomic E-state index is 13.4. The summed E-state index contributed by atoms with van der Waals surface area (Å²) in [5.74, 6) is -0.666. The minimum atomic E-state index is -0.790. The number of esters is 1. The molecule has 144 valence electrons. The van der Waals surface area contributed by atoms with Crippen molar-refractivity contribution in [3.05, 3.63) is 65.4 Å². The van der Waals surface area contributed by atoms with Crippen molar-refractivity contribution in [3.8, 4) is 5.75 Å². The van der Waals surface area contributed by atoms with E-state index < -0.39 is 11.9 Å². The van der Waals surface area contributed by atoms with Gasteiger partial charge in [-0.25, -0.2) is 0 Å². The lowest BCUT2D eigenvalue weighted by molar-refractivity contribution is -0.144. The molecule has 3 aromatic rings. The molecule has 0 unspecified atom stereocenters. The summed E-state index contributed by atoms with van der Waals surface area (Å²) in [6, 6.07) is 15.8. The van der Waals surface area contributed by atoms with Gasteiger partial charge in [-0.2, -0.15) is 0 Å². The Hall–Kier alpha value is -3.08. The van der Waals surface area contributed by atoms with Crippen molar-refractivity contribution in [2.75, 3.05) is 14.2 Å². The topological polar surface area (TPSA) is 57.5 Å². The highest BCUT2D eigenvalue weighted by Crippen LogP contribution is 2.41. The number of carbonyl (C=O) groups is 2. The third kappa shape index (κ3) is 2.78. The largest absolute Gasteiger partial charge is 0.497 e. The first-order valence-corrected chi connectivity index (χ1v) is 9.42. The fourth-order valence-electron chi connectivity index (χ4n) is 4.35. The summed E-state index contributed by atoms with van der Waals surface area (Å²) in [5, 5.41) is 1.04. The van der Waals surface area contributed by atoms with Gasteiger partial charge in [0, 0.05) is 17.0 Å². The molecule has 0 saturated carbocycles. The summed E-state index contributed by atoms with van der Waals surface area (Å²) < 4.78 is 12.0.